The second kappa shape index (κ2) is 10.8. The maximum Gasteiger partial charge on any atom is 0.259 e. The molecule has 0 heterocycles. The van der Waals surface area contributed by atoms with E-state index in [1.807, 2.05) is 43.3 Å². The van der Waals surface area contributed by atoms with Crippen LogP contribution in [-0.2, 0) is 4.79 Å². The number of hydrogen-bond acceptors (Lipinski definition) is 4. The highest BCUT2D eigenvalue weighted by Crippen LogP contribution is 2.11. The zero-order chi connectivity index (χ0) is 19.5. The molecule has 0 unspecified atom stereocenters. The van der Waals surface area contributed by atoms with E-state index >= 15 is 0 Å². The standard InChI is InChI=1S/C21H25N3O3/c1-3-4-13-27-18-11-9-17(10-12-18)14-23-24-20(25)15-22-21(26)19-8-6-5-7-16(19)2/h5-12,14H,3-4,13,15H2,1-2H3,(H,22,26)(H,24,25)/b23-14-. The summed E-state index contributed by atoms with van der Waals surface area (Å²) in [7, 11) is 0. The van der Waals surface area contributed by atoms with Crippen LogP contribution >= 0.6 is 0 Å². The number of rotatable bonds is 9. The second-order valence-electron chi connectivity index (χ2n) is 6.06. The van der Waals surface area contributed by atoms with Crippen molar-refractivity contribution < 1.29 is 14.3 Å². The third-order valence-electron chi connectivity index (χ3n) is 3.85. The van der Waals surface area contributed by atoms with E-state index in [1.165, 1.54) is 6.21 Å². The van der Waals surface area contributed by atoms with Gasteiger partial charge >= 0.3 is 0 Å². The van der Waals surface area contributed by atoms with E-state index in [2.05, 4.69) is 22.8 Å². The molecule has 0 spiro atoms. The van der Waals surface area contributed by atoms with Crippen molar-refractivity contribution in [3.63, 3.8) is 0 Å². The monoisotopic (exact) mass is 367 g/mol. The third kappa shape index (κ3) is 6.93. The van der Waals surface area contributed by atoms with Crippen LogP contribution in [0.2, 0.25) is 0 Å². The summed E-state index contributed by atoms with van der Waals surface area (Å²) < 4.78 is 5.59. The van der Waals surface area contributed by atoms with E-state index in [0.717, 1.165) is 29.7 Å². The number of carbonyl (C=O) groups excluding carboxylic acids is 2. The maximum atomic E-state index is 12.1. The molecular formula is C21H25N3O3. The van der Waals surface area contributed by atoms with Gasteiger partial charge in [-0.3, -0.25) is 9.59 Å². The molecule has 0 aliphatic carbocycles. The molecule has 0 fully saturated rings. The van der Waals surface area contributed by atoms with Crippen molar-refractivity contribution in [3.05, 3.63) is 65.2 Å². The fraction of sp³-hybridized carbons (Fsp3) is 0.286. The van der Waals surface area contributed by atoms with E-state index in [-0.39, 0.29) is 12.5 Å². The van der Waals surface area contributed by atoms with Crippen LogP contribution in [0.15, 0.2) is 53.6 Å². The maximum absolute atomic E-state index is 12.1. The fourth-order valence-corrected chi connectivity index (χ4v) is 2.29. The minimum Gasteiger partial charge on any atom is -0.494 e. The van der Waals surface area contributed by atoms with Crippen LogP contribution in [-0.4, -0.2) is 31.2 Å². The molecule has 0 radical (unpaired) electrons. The molecule has 0 aliphatic rings. The molecule has 2 amide bonds. The smallest absolute Gasteiger partial charge is 0.259 e. The average molecular weight is 367 g/mol. The first kappa shape index (κ1) is 20.2. The molecule has 2 aromatic rings. The summed E-state index contributed by atoms with van der Waals surface area (Å²) in [5.41, 5.74) is 4.64. The summed E-state index contributed by atoms with van der Waals surface area (Å²) in [4.78, 5) is 23.8. The molecule has 6 heteroatoms. The van der Waals surface area contributed by atoms with Crippen LogP contribution < -0.4 is 15.5 Å². The van der Waals surface area contributed by atoms with Crippen LogP contribution in [0.3, 0.4) is 0 Å². The molecule has 0 atom stereocenters. The van der Waals surface area contributed by atoms with E-state index in [4.69, 9.17) is 4.74 Å². The van der Waals surface area contributed by atoms with Crippen molar-refractivity contribution in [2.24, 2.45) is 5.10 Å². The lowest BCUT2D eigenvalue weighted by atomic mass is 10.1. The predicted molar refractivity (Wildman–Crippen MR) is 106 cm³/mol. The number of hydrazone groups is 1. The van der Waals surface area contributed by atoms with Crippen molar-refractivity contribution >= 4 is 18.0 Å². The van der Waals surface area contributed by atoms with Crippen LogP contribution in [0.25, 0.3) is 0 Å². The average Bonchev–Trinajstić information content (AvgIpc) is 2.68. The molecule has 0 aromatic heterocycles. The molecule has 142 valence electrons. The van der Waals surface area contributed by atoms with Crippen molar-refractivity contribution in [2.45, 2.75) is 26.7 Å². The highest BCUT2D eigenvalue weighted by molar-refractivity contribution is 5.97. The zero-order valence-electron chi connectivity index (χ0n) is 15.7. The van der Waals surface area contributed by atoms with Crippen LogP contribution in [0.1, 0.15) is 41.3 Å². The van der Waals surface area contributed by atoms with Crippen molar-refractivity contribution in [3.8, 4) is 5.75 Å². The number of aryl methyl sites for hydroxylation is 1. The van der Waals surface area contributed by atoms with Crippen molar-refractivity contribution in [1.29, 1.82) is 0 Å². The first-order chi connectivity index (χ1) is 13.1. The van der Waals surface area contributed by atoms with Crippen LogP contribution in [0, 0.1) is 6.92 Å². The highest BCUT2D eigenvalue weighted by Gasteiger charge is 2.09. The normalized spacial score (nSPS) is 10.6. The van der Waals surface area contributed by atoms with Crippen molar-refractivity contribution in [2.75, 3.05) is 13.2 Å². The summed E-state index contributed by atoms with van der Waals surface area (Å²) in [6.45, 7) is 4.52. The molecule has 27 heavy (non-hydrogen) atoms. The molecular weight excluding hydrogens is 342 g/mol. The third-order valence-corrected chi connectivity index (χ3v) is 3.85. The molecule has 0 aliphatic heterocycles. The lowest BCUT2D eigenvalue weighted by Gasteiger charge is -2.06. The molecule has 2 N–H and O–H groups in total. The second-order valence-corrected chi connectivity index (χ2v) is 6.06. The minimum absolute atomic E-state index is 0.144. The van der Waals surface area contributed by atoms with Gasteiger partial charge in [-0.25, -0.2) is 5.43 Å². The van der Waals surface area contributed by atoms with Gasteiger partial charge in [0.15, 0.2) is 0 Å². The highest BCUT2D eigenvalue weighted by atomic mass is 16.5. The van der Waals surface area contributed by atoms with E-state index < -0.39 is 5.91 Å². The van der Waals surface area contributed by atoms with Gasteiger partial charge in [0.25, 0.3) is 11.8 Å². The van der Waals surface area contributed by atoms with Gasteiger partial charge in [-0.05, 0) is 54.8 Å². The number of hydrogen-bond donors (Lipinski definition) is 2. The first-order valence-electron chi connectivity index (χ1n) is 8.98. The Bertz CT molecular complexity index is 786. The minimum atomic E-state index is -0.396. The molecule has 2 aromatic carbocycles. The number of carbonyl (C=O) groups is 2. The Morgan fingerprint density at radius 2 is 1.85 bits per heavy atom. The lowest BCUT2D eigenvalue weighted by Crippen LogP contribution is -2.35. The van der Waals surface area contributed by atoms with Gasteiger partial charge in [-0.1, -0.05) is 31.5 Å². The van der Waals surface area contributed by atoms with Gasteiger partial charge in [0.2, 0.25) is 0 Å². The van der Waals surface area contributed by atoms with Crippen LogP contribution in [0.4, 0.5) is 0 Å². The Kier molecular flexibility index (Phi) is 8.03. The Hall–Kier alpha value is -3.15. The number of ether oxygens (including phenoxy) is 1. The first-order valence-corrected chi connectivity index (χ1v) is 8.98. The fourth-order valence-electron chi connectivity index (χ4n) is 2.29. The van der Waals surface area contributed by atoms with Crippen molar-refractivity contribution in [1.82, 2.24) is 10.7 Å². The SMILES string of the molecule is CCCCOc1ccc(/C=N\NC(=O)CNC(=O)c2ccccc2C)cc1. The summed E-state index contributed by atoms with van der Waals surface area (Å²) in [6.07, 6.45) is 3.66. The van der Waals surface area contributed by atoms with Gasteiger partial charge < -0.3 is 10.1 Å². The number of benzene rings is 2. The molecule has 0 saturated heterocycles. The molecule has 0 saturated carbocycles. The summed E-state index contributed by atoms with van der Waals surface area (Å²) in [5.74, 6) is 0.127. The number of nitrogens with zero attached hydrogens (tertiary/aromatic N) is 1. The Morgan fingerprint density at radius 3 is 2.56 bits per heavy atom. The molecule has 6 nitrogen and oxygen atoms in total. The van der Waals surface area contributed by atoms with E-state index in [0.29, 0.717) is 12.2 Å². The predicted octanol–water partition coefficient (Wildman–Crippen LogP) is 3.05. The molecule has 2 rings (SSSR count). The number of nitrogens with one attached hydrogen (secondary N) is 2. The largest absolute Gasteiger partial charge is 0.494 e. The topological polar surface area (TPSA) is 79.8 Å². The van der Waals surface area contributed by atoms with Gasteiger partial charge in [0.05, 0.1) is 19.4 Å². The number of amides is 2. The Morgan fingerprint density at radius 1 is 1.11 bits per heavy atom. The lowest BCUT2D eigenvalue weighted by molar-refractivity contribution is -0.120. The van der Waals surface area contributed by atoms with Gasteiger partial charge in [-0.2, -0.15) is 5.10 Å². The number of unbranched alkanes of at least 4 members (excludes halogenated alkanes) is 1. The van der Waals surface area contributed by atoms with Gasteiger partial charge in [0, 0.05) is 5.56 Å². The summed E-state index contributed by atoms with van der Waals surface area (Å²) >= 11 is 0. The summed E-state index contributed by atoms with van der Waals surface area (Å²) in [5, 5.41) is 6.48. The van der Waals surface area contributed by atoms with E-state index in [1.54, 1.807) is 12.1 Å². The van der Waals surface area contributed by atoms with Gasteiger partial charge in [-0.15, -0.1) is 0 Å². The Labute approximate surface area is 159 Å². The molecule has 0 bridgehead atoms. The van der Waals surface area contributed by atoms with Crippen LogP contribution in [0.5, 0.6) is 5.75 Å². The zero-order valence-corrected chi connectivity index (χ0v) is 15.7. The quantitative estimate of drug-likeness (QED) is 0.406. The van der Waals surface area contributed by atoms with Gasteiger partial charge in [0.1, 0.15) is 5.75 Å². The summed E-state index contributed by atoms with van der Waals surface area (Å²) in [6, 6.07) is 14.6. The Balaban J connectivity index is 1.74. The van der Waals surface area contributed by atoms with E-state index in [9.17, 15) is 9.59 Å².